The Balaban J connectivity index is 1.69. The van der Waals surface area contributed by atoms with E-state index in [2.05, 4.69) is 21.2 Å². The molecule has 136 valence electrons. The quantitative estimate of drug-likeness (QED) is 0.745. The number of nitrogens with one attached hydrogen (secondary N) is 1. The Hall–Kier alpha value is -1.85. The average Bonchev–Trinajstić information content (AvgIpc) is 2.57. The number of hydrogen-bond acceptors (Lipinski definition) is 2. The zero-order valence-electron chi connectivity index (χ0n) is 14.5. The molecule has 2 aromatic carbocycles. The highest BCUT2D eigenvalue weighted by molar-refractivity contribution is 9.10. The molecular formula is C20H20BrClN2O2. The minimum absolute atomic E-state index is 0.0116. The molecule has 1 fully saturated rings. The molecule has 1 N–H and O–H groups in total. The number of amides is 2. The van der Waals surface area contributed by atoms with Gasteiger partial charge in [0.25, 0.3) is 0 Å². The second kappa shape index (κ2) is 7.80. The Morgan fingerprint density at radius 2 is 1.81 bits per heavy atom. The topological polar surface area (TPSA) is 49.4 Å². The molecule has 3 rings (SSSR count). The lowest BCUT2D eigenvalue weighted by molar-refractivity contribution is -0.141. The summed E-state index contributed by atoms with van der Waals surface area (Å²) in [5.41, 5.74) is 1.04. The van der Waals surface area contributed by atoms with Gasteiger partial charge in [-0.15, -0.1) is 0 Å². The average molecular weight is 436 g/mol. The van der Waals surface area contributed by atoms with Crippen LogP contribution in [0.1, 0.15) is 24.8 Å². The molecule has 6 heteroatoms. The van der Waals surface area contributed by atoms with Crippen molar-refractivity contribution in [2.24, 2.45) is 0 Å². The Labute approximate surface area is 166 Å². The second-order valence-electron chi connectivity index (χ2n) is 6.63. The molecule has 0 heterocycles. The Morgan fingerprint density at radius 3 is 2.38 bits per heavy atom. The third-order valence-electron chi connectivity index (χ3n) is 4.89. The van der Waals surface area contributed by atoms with E-state index in [-0.39, 0.29) is 18.4 Å². The van der Waals surface area contributed by atoms with Crippen LogP contribution < -0.4 is 5.32 Å². The van der Waals surface area contributed by atoms with Crippen molar-refractivity contribution >= 4 is 45.0 Å². The van der Waals surface area contributed by atoms with Crippen LogP contribution in [-0.2, 0) is 15.0 Å². The smallest absolute Gasteiger partial charge is 0.244 e. The number of nitrogens with zero attached hydrogens (tertiary/aromatic N) is 1. The number of carbonyl (C=O) groups is 2. The summed E-state index contributed by atoms with van der Waals surface area (Å²) >= 11 is 9.49. The SMILES string of the molecule is CN(CC(=O)Nc1ccccc1Cl)C(=O)C1(c2ccc(Br)cc2)CCC1. The summed E-state index contributed by atoms with van der Waals surface area (Å²) in [6.07, 6.45) is 2.63. The second-order valence-corrected chi connectivity index (χ2v) is 7.95. The minimum Gasteiger partial charge on any atom is -0.336 e. The molecule has 0 aromatic heterocycles. The first-order chi connectivity index (χ1) is 12.4. The standard InChI is InChI=1S/C20H20BrClN2O2/c1-24(13-18(25)23-17-6-3-2-5-16(17)22)19(26)20(11-4-12-20)14-7-9-15(21)10-8-14/h2-3,5-10H,4,11-13H2,1H3,(H,23,25). The predicted octanol–water partition coefficient (Wildman–Crippen LogP) is 4.62. The van der Waals surface area contributed by atoms with Crippen LogP contribution in [0.5, 0.6) is 0 Å². The molecule has 0 radical (unpaired) electrons. The van der Waals surface area contributed by atoms with E-state index >= 15 is 0 Å². The normalized spacial score (nSPS) is 15.0. The molecule has 26 heavy (non-hydrogen) atoms. The maximum absolute atomic E-state index is 13.1. The van der Waals surface area contributed by atoms with Crippen LogP contribution in [0.25, 0.3) is 0 Å². The van der Waals surface area contributed by atoms with E-state index < -0.39 is 5.41 Å². The lowest BCUT2D eigenvalue weighted by atomic mass is 9.63. The molecule has 2 aromatic rings. The maximum atomic E-state index is 13.1. The number of benzene rings is 2. The fourth-order valence-corrected chi connectivity index (χ4v) is 3.78. The van der Waals surface area contributed by atoms with Crippen molar-refractivity contribution in [3.05, 3.63) is 63.6 Å². The number of carbonyl (C=O) groups excluding carboxylic acids is 2. The predicted molar refractivity (Wildman–Crippen MR) is 107 cm³/mol. The molecule has 1 saturated carbocycles. The molecule has 1 aliphatic carbocycles. The van der Waals surface area contributed by atoms with E-state index in [1.807, 2.05) is 24.3 Å². The van der Waals surface area contributed by atoms with Gasteiger partial charge >= 0.3 is 0 Å². The summed E-state index contributed by atoms with van der Waals surface area (Å²) < 4.78 is 0.982. The van der Waals surface area contributed by atoms with E-state index in [1.165, 1.54) is 4.90 Å². The van der Waals surface area contributed by atoms with E-state index in [9.17, 15) is 9.59 Å². The van der Waals surface area contributed by atoms with Gasteiger partial charge in [-0.05, 0) is 42.7 Å². The van der Waals surface area contributed by atoms with Crippen LogP contribution >= 0.6 is 27.5 Å². The molecule has 0 bridgehead atoms. The van der Waals surface area contributed by atoms with Crippen LogP contribution in [-0.4, -0.2) is 30.3 Å². The highest BCUT2D eigenvalue weighted by Crippen LogP contribution is 2.45. The number of hydrogen-bond donors (Lipinski definition) is 1. The fraction of sp³-hybridized carbons (Fsp3) is 0.300. The Bertz CT molecular complexity index is 819. The van der Waals surface area contributed by atoms with Gasteiger partial charge in [0.15, 0.2) is 0 Å². The van der Waals surface area contributed by atoms with E-state index in [1.54, 1.807) is 31.3 Å². The van der Waals surface area contributed by atoms with Crippen LogP contribution in [0, 0.1) is 0 Å². The first-order valence-electron chi connectivity index (χ1n) is 8.48. The van der Waals surface area contributed by atoms with Crippen molar-refractivity contribution in [2.45, 2.75) is 24.7 Å². The van der Waals surface area contributed by atoms with Crippen LogP contribution in [0.4, 0.5) is 5.69 Å². The van der Waals surface area contributed by atoms with Crippen molar-refractivity contribution in [1.82, 2.24) is 4.90 Å². The summed E-state index contributed by atoms with van der Waals surface area (Å²) in [7, 11) is 1.67. The number of rotatable bonds is 5. The molecule has 2 amide bonds. The van der Waals surface area contributed by atoms with E-state index in [0.717, 1.165) is 29.3 Å². The molecule has 4 nitrogen and oxygen atoms in total. The van der Waals surface area contributed by atoms with Gasteiger partial charge in [-0.1, -0.05) is 58.2 Å². The summed E-state index contributed by atoms with van der Waals surface area (Å²) in [6.45, 7) is -0.0116. The van der Waals surface area contributed by atoms with Gasteiger partial charge < -0.3 is 10.2 Å². The van der Waals surface area contributed by atoms with Gasteiger partial charge in [-0.3, -0.25) is 9.59 Å². The van der Waals surface area contributed by atoms with Gasteiger partial charge in [-0.2, -0.15) is 0 Å². The first kappa shape index (κ1) is 18.9. The number of likely N-dealkylation sites (N-methyl/N-ethyl adjacent to an activating group) is 1. The van der Waals surface area contributed by atoms with E-state index in [0.29, 0.717) is 10.7 Å². The van der Waals surface area contributed by atoms with Crippen molar-refractivity contribution < 1.29 is 9.59 Å². The summed E-state index contributed by atoms with van der Waals surface area (Å²) in [4.78, 5) is 26.9. The molecular weight excluding hydrogens is 416 g/mol. The third-order valence-corrected chi connectivity index (χ3v) is 5.75. The molecule has 0 unspecified atom stereocenters. The van der Waals surface area contributed by atoms with Crippen molar-refractivity contribution in [2.75, 3.05) is 18.9 Å². The van der Waals surface area contributed by atoms with Crippen molar-refractivity contribution in [3.63, 3.8) is 0 Å². The molecule has 1 aliphatic rings. The summed E-state index contributed by atoms with van der Waals surface area (Å²) in [6, 6.07) is 14.9. The highest BCUT2D eigenvalue weighted by Gasteiger charge is 2.47. The highest BCUT2D eigenvalue weighted by atomic mass is 79.9. The molecule has 0 atom stereocenters. The lowest BCUT2D eigenvalue weighted by Gasteiger charge is -2.43. The van der Waals surface area contributed by atoms with Gasteiger partial charge in [0, 0.05) is 11.5 Å². The number of halogens is 2. The molecule has 0 saturated heterocycles. The van der Waals surface area contributed by atoms with Gasteiger partial charge in [0.2, 0.25) is 11.8 Å². The Morgan fingerprint density at radius 1 is 1.15 bits per heavy atom. The van der Waals surface area contributed by atoms with Gasteiger partial charge in [0.05, 0.1) is 22.7 Å². The number of anilines is 1. The maximum Gasteiger partial charge on any atom is 0.244 e. The number of para-hydroxylation sites is 1. The fourth-order valence-electron chi connectivity index (χ4n) is 3.33. The Kier molecular flexibility index (Phi) is 5.68. The molecule has 0 aliphatic heterocycles. The first-order valence-corrected chi connectivity index (χ1v) is 9.65. The largest absolute Gasteiger partial charge is 0.336 e. The van der Waals surface area contributed by atoms with Gasteiger partial charge in [-0.25, -0.2) is 0 Å². The zero-order valence-corrected chi connectivity index (χ0v) is 16.8. The van der Waals surface area contributed by atoms with Crippen LogP contribution in [0.2, 0.25) is 5.02 Å². The van der Waals surface area contributed by atoms with Crippen molar-refractivity contribution in [1.29, 1.82) is 0 Å². The van der Waals surface area contributed by atoms with E-state index in [4.69, 9.17) is 11.6 Å². The zero-order chi connectivity index (χ0) is 18.7. The minimum atomic E-state index is -0.514. The summed E-state index contributed by atoms with van der Waals surface area (Å²) in [5, 5.41) is 3.23. The van der Waals surface area contributed by atoms with Crippen molar-refractivity contribution in [3.8, 4) is 0 Å². The van der Waals surface area contributed by atoms with Crippen LogP contribution in [0.15, 0.2) is 53.0 Å². The van der Waals surface area contributed by atoms with Gasteiger partial charge in [0.1, 0.15) is 0 Å². The van der Waals surface area contributed by atoms with Crippen LogP contribution in [0.3, 0.4) is 0 Å². The third kappa shape index (κ3) is 3.79. The lowest BCUT2D eigenvalue weighted by Crippen LogP contribution is -2.51. The monoisotopic (exact) mass is 434 g/mol. The molecule has 0 spiro atoms. The summed E-state index contributed by atoms with van der Waals surface area (Å²) in [5.74, 6) is -0.278.